The van der Waals surface area contributed by atoms with E-state index >= 15 is 0 Å². The van der Waals surface area contributed by atoms with E-state index in [0.717, 1.165) is 54.3 Å². The van der Waals surface area contributed by atoms with Crippen LogP contribution in [0.1, 0.15) is 43.7 Å². The Bertz CT molecular complexity index is 996. The topological polar surface area (TPSA) is 62.2 Å². The molecule has 0 radical (unpaired) electrons. The van der Waals surface area contributed by atoms with E-state index < -0.39 is 0 Å². The fraction of sp³-hybridized carbons (Fsp3) is 0.391. The second kappa shape index (κ2) is 7.52. The van der Waals surface area contributed by atoms with Crippen LogP contribution in [0.15, 0.2) is 62.7 Å². The lowest BCUT2D eigenvalue weighted by molar-refractivity contribution is -0.134. The Hall–Kier alpha value is -2.86. The Morgan fingerprint density at radius 3 is 2.76 bits per heavy atom. The van der Waals surface area contributed by atoms with Crippen molar-refractivity contribution in [3.05, 3.63) is 60.2 Å². The summed E-state index contributed by atoms with van der Waals surface area (Å²) in [5.74, 6) is 2.21. The summed E-state index contributed by atoms with van der Waals surface area (Å²) in [6, 6.07) is 13.4. The van der Waals surface area contributed by atoms with Gasteiger partial charge in [-0.3, -0.25) is 9.69 Å². The van der Waals surface area contributed by atoms with Gasteiger partial charge in [-0.1, -0.05) is 25.1 Å². The molecule has 1 atom stereocenters. The van der Waals surface area contributed by atoms with Crippen molar-refractivity contribution in [3.8, 4) is 0 Å². The average molecular weight is 391 g/mol. The number of carbonyl (C=O) groups is 1. The predicted molar refractivity (Wildman–Crippen MR) is 111 cm³/mol. The zero-order chi connectivity index (χ0) is 19.8. The summed E-state index contributed by atoms with van der Waals surface area (Å²) in [5, 5.41) is 7.32. The van der Waals surface area contributed by atoms with Crippen LogP contribution in [-0.4, -0.2) is 41.2 Å². The fourth-order valence-corrected chi connectivity index (χ4v) is 4.20. The first-order valence-electron chi connectivity index (χ1n) is 10.3. The number of piperidine rings is 1. The van der Waals surface area contributed by atoms with Gasteiger partial charge in [-0.2, -0.15) is 5.10 Å². The average Bonchev–Trinajstić information content (AvgIpc) is 3.47. The Morgan fingerprint density at radius 1 is 1.17 bits per heavy atom. The first-order valence-corrected chi connectivity index (χ1v) is 10.3. The molecule has 1 amide bonds. The molecule has 150 valence electrons. The summed E-state index contributed by atoms with van der Waals surface area (Å²) in [5.41, 5.74) is 1.61. The molecule has 1 fully saturated rings. The largest absolute Gasteiger partial charge is 0.467 e. The molecule has 5 rings (SSSR count). The van der Waals surface area contributed by atoms with Gasteiger partial charge < -0.3 is 8.83 Å². The molecule has 0 saturated carbocycles. The third-order valence-electron chi connectivity index (χ3n) is 5.98. The number of hydrogen-bond acceptors (Lipinski definition) is 5. The second-order valence-corrected chi connectivity index (χ2v) is 8.13. The molecule has 6 nitrogen and oxygen atoms in total. The standard InChI is InChI=1S/C23H25N3O3/c1-16-8-10-25(11-9-16)15-23(27)26-19(21-7-4-12-28-21)14-18(24-26)22-13-17-5-2-3-6-20(17)29-22/h2-7,12-13,16,19H,8-11,14-15H2,1H3. The smallest absolute Gasteiger partial charge is 0.257 e. The highest BCUT2D eigenvalue weighted by molar-refractivity contribution is 6.03. The molecule has 2 aliphatic rings. The number of para-hydroxylation sites is 1. The van der Waals surface area contributed by atoms with Gasteiger partial charge in [-0.15, -0.1) is 0 Å². The van der Waals surface area contributed by atoms with Crippen molar-refractivity contribution in [1.82, 2.24) is 9.91 Å². The lowest BCUT2D eigenvalue weighted by atomic mass is 9.99. The van der Waals surface area contributed by atoms with E-state index in [-0.39, 0.29) is 11.9 Å². The maximum Gasteiger partial charge on any atom is 0.257 e. The summed E-state index contributed by atoms with van der Waals surface area (Å²) in [6.45, 7) is 4.59. The number of nitrogens with zero attached hydrogens (tertiary/aromatic N) is 3. The summed E-state index contributed by atoms with van der Waals surface area (Å²) < 4.78 is 11.6. The number of hydrazone groups is 1. The molecule has 6 heteroatoms. The summed E-state index contributed by atoms with van der Waals surface area (Å²) in [7, 11) is 0. The molecular formula is C23H25N3O3. The minimum Gasteiger partial charge on any atom is -0.467 e. The Kier molecular flexibility index (Phi) is 4.72. The van der Waals surface area contributed by atoms with Crippen molar-refractivity contribution >= 4 is 22.6 Å². The predicted octanol–water partition coefficient (Wildman–Crippen LogP) is 4.44. The highest BCUT2D eigenvalue weighted by Gasteiger charge is 2.36. The second-order valence-electron chi connectivity index (χ2n) is 8.13. The van der Waals surface area contributed by atoms with E-state index in [4.69, 9.17) is 13.9 Å². The van der Waals surface area contributed by atoms with Crippen molar-refractivity contribution in [1.29, 1.82) is 0 Å². The number of likely N-dealkylation sites (tertiary alicyclic amines) is 1. The third kappa shape index (κ3) is 3.60. The van der Waals surface area contributed by atoms with E-state index in [1.165, 1.54) is 0 Å². The van der Waals surface area contributed by atoms with E-state index in [1.54, 1.807) is 11.3 Å². The molecule has 1 aromatic carbocycles. The van der Waals surface area contributed by atoms with Crippen LogP contribution in [0.2, 0.25) is 0 Å². The van der Waals surface area contributed by atoms with Crippen LogP contribution in [0.3, 0.4) is 0 Å². The van der Waals surface area contributed by atoms with E-state index in [2.05, 4.69) is 11.8 Å². The van der Waals surface area contributed by atoms with E-state index in [1.807, 2.05) is 42.5 Å². The minimum atomic E-state index is -0.232. The number of rotatable bonds is 4. The van der Waals surface area contributed by atoms with Crippen molar-refractivity contribution in [2.24, 2.45) is 11.0 Å². The van der Waals surface area contributed by atoms with Gasteiger partial charge in [-0.05, 0) is 56.1 Å². The fourth-order valence-electron chi connectivity index (χ4n) is 4.20. The molecule has 1 unspecified atom stereocenters. The van der Waals surface area contributed by atoms with Gasteiger partial charge in [0.2, 0.25) is 0 Å². The summed E-state index contributed by atoms with van der Waals surface area (Å²) >= 11 is 0. The zero-order valence-electron chi connectivity index (χ0n) is 16.6. The number of benzene rings is 1. The first kappa shape index (κ1) is 18.2. The number of furan rings is 2. The van der Waals surface area contributed by atoms with Gasteiger partial charge in [0.15, 0.2) is 5.76 Å². The zero-order valence-corrected chi connectivity index (χ0v) is 16.6. The Labute approximate surface area is 169 Å². The third-order valence-corrected chi connectivity index (χ3v) is 5.98. The van der Waals surface area contributed by atoms with Crippen molar-refractivity contribution in [2.45, 2.75) is 32.2 Å². The number of carbonyl (C=O) groups excluding carboxylic acids is 1. The quantitative estimate of drug-likeness (QED) is 0.660. The summed E-state index contributed by atoms with van der Waals surface area (Å²) in [6.07, 6.45) is 4.50. The molecule has 0 spiro atoms. The van der Waals surface area contributed by atoms with Crippen LogP contribution < -0.4 is 0 Å². The van der Waals surface area contributed by atoms with Crippen LogP contribution in [0, 0.1) is 5.92 Å². The van der Waals surface area contributed by atoms with E-state index in [0.29, 0.717) is 18.7 Å². The lowest BCUT2D eigenvalue weighted by Gasteiger charge is -2.31. The number of amides is 1. The van der Waals surface area contributed by atoms with Crippen LogP contribution in [0.5, 0.6) is 0 Å². The van der Waals surface area contributed by atoms with E-state index in [9.17, 15) is 4.79 Å². The van der Waals surface area contributed by atoms with Crippen LogP contribution in [0.4, 0.5) is 0 Å². The SMILES string of the molecule is CC1CCN(CC(=O)N2N=C(c3cc4ccccc4o3)CC2c2ccco2)CC1. The Balaban J connectivity index is 1.41. The molecule has 2 aromatic heterocycles. The van der Waals surface area contributed by atoms with Gasteiger partial charge in [0.05, 0.1) is 12.8 Å². The first-order chi connectivity index (χ1) is 14.2. The lowest BCUT2D eigenvalue weighted by Crippen LogP contribution is -2.41. The highest BCUT2D eigenvalue weighted by atomic mass is 16.3. The maximum absolute atomic E-state index is 13.2. The molecule has 0 aliphatic carbocycles. The summed E-state index contributed by atoms with van der Waals surface area (Å²) in [4.78, 5) is 15.4. The van der Waals surface area contributed by atoms with Crippen molar-refractivity contribution in [2.75, 3.05) is 19.6 Å². The highest BCUT2D eigenvalue weighted by Crippen LogP contribution is 2.34. The van der Waals surface area contributed by atoms with Gasteiger partial charge in [0, 0.05) is 11.8 Å². The van der Waals surface area contributed by atoms with Crippen molar-refractivity contribution < 1.29 is 13.6 Å². The number of hydrogen-bond donors (Lipinski definition) is 0. The van der Waals surface area contributed by atoms with Crippen LogP contribution in [0.25, 0.3) is 11.0 Å². The van der Waals surface area contributed by atoms with Gasteiger partial charge in [0.1, 0.15) is 23.1 Å². The molecule has 4 heterocycles. The van der Waals surface area contributed by atoms with Gasteiger partial charge in [0.25, 0.3) is 5.91 Å². The molecule has 1 saturated heterocycles. The maximum atomic E-state index is 13.2. The molecule has 0 bridgehead atoms. The monoisotopic (exact) mass is 391 g/mol. The Morgan fingerprint density at radius 2 is 2.00 bits per heavy atom. The van der Waals surface area contributed by atoms with Gasteiger partial charge in [-0.25, -0.2) is 5.01 Å². The van der Waals surface area contributed by atoms with Crippen LogP contribution in [-0.2, 0) is 4.79 Å². The molecular weight excluding hydrogens is 366 g/mol. The number of fused-ring (bicyclic) bond motifs is 1. The molecule has 3 aromatic rings. The van der Waals surface area contributed by atoms with Gasteiger partial charge >= 0.3 is 0 Å². The molecule has 2 aliphatic heterocycles. The molecule has 29 heavy (non-hydrogen) atoms. The van der Waals surface area contributed by atoms with Crippen LogP contribution >= 0.6 is 0 Å². The normalized spacial score (nSPS) is 21.1. The molecule has 0 N–H and O–H groups in total. The van der Waals surface area contributed by atoms with Crippen molar-refractivity contribution in [3.63, 3.8) is 0 Å². The minimum absolute atomic E-state index is 0.00654.